The molecule has 4 rings (SSSR count). The van der Waals surface area contributed by atoms with Crippen molar-refractivity contribution < 1.29 is 9.90 Å². The fourth-order valence-corrected chi connectivity index (χ4v) is 4.38. The van der Waals surface area contributed by atoms with Crippen molar-refractivity contribution in [2.24, 2.45) is 0 Å². The summed E-state index contributed by atoms with van der Waals surface area (Å²) in [5.74, 6) is -0.206. The van der Waals surface area contributed by atoms with Crippen molar-refractivity contribution in [1.82, 2.24) is 4.90 Å². The first-order valence-corrected chi connectivity index (χ1v) is 11.0. The number of hydrogen-bond acceptors (Lipinski definition) is 3. The average Bonchev–Trinajstić information content (AvgIpc) is 3.25. The first-order chi connectivity index (χ1) is 15.1. The van der Waals surface area contributed by atoms with Crippen LogP contribution in [-0.2, 0) is 11.2 Å². The van der Waals surface area contributed by atoms with E-state index in [4.69, 9.17) is 0 Å². The lowest BCUT2D eigenvalue weighted by Gasteiger charge is -2.26. The van der Waals surface area contributed by atoms with Crippen LogP contribution in [0.5, 0.6) is 0 Å². The number of anilines is 1. The van der Waals surface area contributed by atoms with Crippen LogP contribution in [0.2, 0.25) is 0 Å². The molecule has 0 bridgehead atoms. The largest absolute Gasteiger partial charge is 0.391 e. The molecule has 1 atom stereocenters. The van der Waals surface area contributed by atoms with Crippen LogP contribution < -0.4 is 4.90 Å². The predicted octanol–water partition coefficient (Wildman–Crippen LogP) is 4.09. The molecule has 1 amide bonds. The van der Waals surface area contributed by atoms with Gasteiger partial charge in [0.2, 0.25) is 5.91 Å². The van der Waals surface area contributed by atoms with Crippen LogP contribution in [0.1, 0.15) is 29.0 Å². The van der Waals surface area contributed by atoms with Gasteiger partial charge >= 0.3 is 0 Å². The van der Waals surface area contributed by atoms with E-state index in [-0.39, 0.29) is 17.9 Å². The molecule has 1 heterocycles. The van der Waals surface area contributed by atoms with E-state index in [1.165, 1.54) is 11.3 Å². The Morgan fingerprint density at radius 1 is 0.968 bits per heavy atom. The summed E-state index contributed by atoms with van der Waals surface area (Å²) in [6.45, 7) is 2.19. The highest BCUT2D eigenvalue weighted by Crippen LogP contribution is 2.28. The maximum Gasteiger partial charge on any atom is 0.234 e. The molecule has 3 aromatic rings. The zero-order valence-electron chi connectivity index (χ0n) is 18.0. The number of hydrogen-bond donors (Lipinski definition) is 1. The number of aliphatic hydroxyl groups is 1. The lowest BCUT2D eigenvalue weighted by molar-refractivity contribution is -0.130. The zero-order valence-corrected chi connectivity index (χ0v) is 18.0. The van der Waals surface area contributed by atoms with Crippen molar-refractivity contribution in [2.75, 3.05) is 31.6 Å². The van der Waals surface area contributed by atoms with Crippen molar-refractivity contribution in [1.29, 1.82) is 0 Å². The van der Waals surface area contributed by atoms with E-state index in [0.717, 1.165) is 30.5 Å². The van der Waals surface area contributed by atoms with Gasteiger partial charge in [-0.3, -0.25) is 4.79 Å². The van der Waals surface area contributed by atoms with Gasteiger partial charge in [0.15, 0.2) is 0 Å². The van der Waals surface area contributed by atoms with Gasteiger partial charge in [0, 0.05) is 32.4 Å². The summed E-state index contributed by atoms with van der Waals surface area (Å²) in [5, 5.41) is 9.93. The van der Waals surface area contributed by atoms with Crippen molar-refractivity contribution >= 4 is 11.6 Å². The molecular formula is C27H30N2O2. The number of benzene rings is 3. The number of aliphatic hydroxyl groups excluding tert-OH is 1. The standard InChI is InChI=1S/C27H30N2O2/c1-28(18-16-21-10-8-9-15-25(21)29-19-17-24(30)20-29)27(31)26(22-11-4-2-5-12-22)23-13-6-3-7-14-23/h2-15,24,26,30H,16-20H2,1H3/t24-/m0/s1. The van der Waals surface area contributed by atoms with Crippen LogP contribution in [-0.4, -0.2) is 48.7 Å². The quantitative estimate of drug-likeness (QED) is 0.633. The number of amides is 1. The Morgan fingerprint density at radius 3 is 2.13 bits per heavy atom. The van der Waals surface area contributed by atoms with Gasteiger partial charge in [0.1, 0.15) is 0 Å². The Hall–Kier alpha value is -3.11. The molecule has 1 N–H and O–H groups in total. The van der Waals surface area contributed by atoms with Gasteiger partial charge < -0.3 is 14.9 Å². The van der Waals surface area contributed by atoms with Crippen LogP contribution in [0, 0.1) is 0 Å². The summed E-state index contributed by atoms with van der Waals surface area (Å²) in [5.41, 5.74) is 4.41. The maximum absolute atomic E-state index is 13.5. The molecular weight excluding hydrogens is 384 g/mol. The summed E-state index contributed by atoms with van der Waals surface area (Å²) in [6.07, 6.45) is 1.33. The predicted molar refractivity (Wildman–Crippen MR) is 125 cm³/mol. The van der Waals surface area contributed by atoms with E-state index in [9.17, 15) is 9.90 Å². The first-order valence-electron chi connectivity index (χ1n) is 11.0. The minimum Gasteiger partial charge on any atom is -0.391 e. The van der Waals surface area contributed by atoms with Gasteiger partial charge in [0.05, 0.1) is 12.0 Å². The minimum atomic E-state index is -0.309. The van der Waals surface area contributed by atoms with E-state index in [1.54, 1.807) is 0 Å². The van der Waals surface area contributed by atoms with Gasteiger partial charge in [-0.25, -0.2) is 0 Å². The monoisotopic (exact) mass is 414 g/mol. The maximum atomic E-state index is 13.5. The van der Waals surface area contributed by atoms with E-state index in [0.29, 0.717) is 13.1 Å². The first kappa shape index (κ1) is 21.1. The molecule has 0 saturated carbocycles. The molecule has 3 aromatic carbocycles. The molecule has 4 nitrogen and oxygen atoms in total. The highest BCUT2D eigenvalue weighted by molar-refractivity contribution is 5.87. The second-order valence-corrected chi connectivity index (χ2v) is 8.28. The number of carbonyl (C=O) groups excluding carboxylic acids is 1. The third-order valence-electron chi connectivity index (χ3n) is 6.10. The molecule has 0 radical (unpaired) electrons. The fourth-order valence-electron chi connectivity index (χ4n) is 4.38. The summed E-state index contributed by atoms with van der Waals surface area (Å²) in [4.78, 5) is 17.6. The molecule has 4 heteroatoms. The van der Waals surface area contributed by atoms with Crippen LogP contribution in [0.4, 0.5) is 5.69 Å². The normalized spacial score (nSPS) is 16.0. The molecule has 0 spiro atoms. The lowest BCUT2D eigenvalue weighted by atomic mass is 9.90. The molecule has 0 aliphatic carbocycles. The number of carbonyl (C=O) groups is 1. The van der Waals surface area contributed by atoms with Crippen LogP contribution in [0.15, 0.2) is 84.9 Å². The summed E-state index contributed by atoms with van der Waals surface area (Å²) >= 11 is 0. The third kappa shape index (κ3) is 4.97. The third-order valence-corrected chi connectivity index (χ3v) is 6.10. The number of likely N-dealkylation sites (N-methyl/N-ethyl adjacent to an activating group) is 1. The Labute approximate surface area is 184 Å². The van der Waals surface area contributed by atoms with Crippen molar-refractivity contribution in [2.45, 2.75) is 24.9 Å². The van der Waals surface area contributed by atoms with Gasteiger partial charge in [-0.05, 0) is 35.6 Å². The Balaban J connectivity index is 1.50. The molecule has 31 heavy (non-hydrogen) atoms. The van der Waals surface area contributed by atoms with E-state index >= 15 is 0 Å². The Morgan fingerprint density at radius 2 is 1.55 bits per heavy atom. The summed E-state index contributed by atoms with van der Waals surface area (Å²) in [6, 6.07) is 28.3. The molecule has 160 valence electrons. The van der Waals surface area contributed by atoms with Crippen LogP contribution in [0.25, 0.3) is 0 Å². The second kappa shape index (κ2) is 9.80. The van der Waals surface area contributed by atoms with Gasteiger partial charge in [0.25, 0.3) is 0 Å². The number of para-hydroxylation sites is 1. The van der Waals surface area contributed by atoms with E-state index in [2.05, 4.69) is 17.0 Å². The SMILES string of the molecule is CN(CCc1ccccc1N1CC[C@H](O)C1)C(=O)C(c1ccccc1)c1ccccc1. The zero-order chi connectivity index (χ0) is 21.6. The van der Waals surface area contributed by atoms with Crippen LogP contribution in [0.3, 0.4) is 0 Å². The van der Waals surface area contributed by atoms with Gasteiger partial charge in [-0.15, -0.1) is 0 Å². The number of nitrogens with zero attached hydrogens (tertiary/aromatic N) is 2. The molecule has 0 unspecified atom stereocenters. The highest BCUT2D eigenvalue weighted by Gasteiger charge is 2.26. The van der Waals surface area contributed by atoms with E-state index < -0.39 is 0 Å². The highest BCUT2D eigenvalue weighted by atomic mass is 16.3. The Kier molecular flexibility index (Phi) is 6.68. The smallest absolute Gasteiger partial charge is 0.234 e. The second-order valence-electron chi connectivity index (χ2n) is 8.28. The topological polar surface area (TPSA) is 43.8 Å². The lowest BCUT2D eigenvalue weighted by Crippen LogP contribution is -2.34. The minimum absolute atomic E-state index is 0.103. The van der Waals surface area contributed by atoms with Crippen molar-refractivity contribution in [3.8, 4) is 0 Å². The van der Waals surface area contributed by atoms with Crippen LogP contribution >= 0.6 is 0 Å². The summed E-state index contributed by atoms with van der Waals surface area (Å²) in [7, 11) is 1.89. The summed E-state index contributed by atoms with van der Waals surface area (Å²) < 4.78 is 0. The van der Waals surface area contributed by atoms with Gasteiger partial charge in [-0.2, -0.15) is 0 Å². The molecule has 1 aliphatic heterocycles. The van der Waals surface area contributed by atoms with Crippen molar-refractivity contribution in [3.63, 3.8) is 0 Å². The molecule has 1 aliphatic rings. The molecule has 1 fully saturated rings. The molecule has 1 saturated heterocycles. The Bertz CT molecular complexity index is 951. The number of rotatable bonds is 7. The van der Waals surface area contributed by atoms with E-state index in [1.807, 2.05) is 84.7 Å². The fraction of sp³-hybridized carbons (Fsp3) is 0.296. The van der Waals surface area contributed by atoms with Gasteiger partial charge in [-0.1, -0.05) is 78.9 Å². The average molecular weight is 415 g/mol. The number of β-amino-alcohol motifs (C(OH)–C–C–N with tert-alkyl or cyclic N) is 1. The van der Waals surface area contributed by atoms with Crippen molar-refractivity contribution in [3.05, 3.63) is 102 Å². The molecule has 0 aromatic heterocycles.